The lowest BCUT2D eigenvalue weighted by molar-refractivity contribution is -0.141. The Morgan fingerprint density at radius 3 is 2.52 bits per heavy atom. The van der Waals surface area contributed by atoms with E-state index in [-0.39, 0.29) is 12.0 Å². The lowest BCUT2D eigenvalue weighted by Crippen LogP contribution is -2.31. The molecule has 1 aromatic heterocycles. The van der Waals surface area contributed by atoms with E-state index in [2.05, 4.69) is 16.2 Å². The van der Waals surface area contributed by atoms with E-state index >= 15 is 0 Å². The molecule has 1 aromatic rings. The second-order valence-corrected chi connectivity index (χ2v) is 3.90. The number of aliphatic carboxylic acids is 1. The molecule has 4 N–H and O–H groups in total. The number of carboxylic acids is 1. The van der Waals surface area contributed by atoms with Crippen LogP contribution in [0.3, 0.4) is 0 Å². The van der Waals surface area contributed by atoms with Gasteiger partial charge in [0.2, 0.25) is 0 Å². The summed E-state index contributed by atoms with van der Waals surface area (Å²) in [6, 6.07) is -0.0126. The van der Waals surface area contributed by atoms with E-state index in [1.807, 2.05) is 0 Å². The van der Waals surface area contributed by atoms with Gasteiger partial charge in [0.15, 0.2) is 0 Å². The highest BCUT2D eigenvalue weighted by Gasteiger charge is 2.34. The Balaban J connectivity index is 3.27. The molecule has 1 rings (SSSR count). The second-order valence-electron chi connectivity index (χ2n) is 3.90. The summed E-state index contributed by atoms with van der Waals surface area (Å²) in [5, 5.41) is 11.1. The van der Waals surface area contributed by atoms with Crippen LogP contribution >= 0.6 is 0 Å². The standard InChI is InChI=1S/C12H10F3N3O3/c1-2-3-7(11(20)21)17-10-6(9(16)19)4-5-8(18-10)12(13,14)15/h1,4-5,7H,3H2,(H2,16,19)(H,17,18)(H,20,21). The number of terminal acetylenes is 1. The number of halogens is 3. The Labute approximate surface area is 117 Å². The van der Waals surface area contributed by atoms with Gasteiger partial charge < -0.3 is 16.2 Å². The first kappa shape index (κ1) is 16.3. The number of amides is 1. The summed E-state index contributed by atoms with van der Waals surface area (Å²) in [6.07, 6.45) is -0.0941. The molecule has 0 fully saturated rings. The van der Waals surface area contributed by atoms with E-state index in [4.69, 9.17) is 17.3 Å². The Kier molecular flexibility index (Phi) is 4.75. The minimum absolute atomic E-state index is 0.314. The van der Waals surface area contributed by atoms with Crippen LogP contribution < -0.4 is 11.1 Å². The topological polar surface area (TPSA) is 105 Å². The highest BCUT2D eigenvalue weighted by molar-refractivity contribution is 5.98. The number of carbonyl (C=O) groups excluding carboxylic acids is 1. The summed E-state index contributed by atoms with van der Waals surface area (Å²) >= 11 is 0. The van der Waals surface area contributed by atoms with Gasteiger partial charge in [-0.25, -0.2) is 9.78 Å². The summed E-state index contributed by atoms with van der Waals surface area (Å²) in [7, 11) is 0. The zero-order valence-corrected chi connectivity index (χ0v) is 10.4. The predicted octanol–water partition coefficient (Wildman–Crippen LogP) is 1.09. The lowest BCUT2D eigenvalue weighted by atomic mass is 10.1. The SMILES string of the molecule is C#CCC(Nc1nc(C(F)(F)F)ccc1C(N)=O)C(=O)O. The highest BCUT2D eigenvalue weighted by atomic mass is 19.4. The number of nitrogens with two attached hydrogens (primary N) is 1. The van der Waals surface area contributed by atoms with Crippen LogP contribution in [0.4, 0.5) is 19.0 Å². The summed E-state index contributed by atoms with van der Waals surface area (Å²) in [5.41, 5.74) is 3.35. The van der Waals surface area contributed by atoms with Gasteiger partial charge in [-0.05, 0) is 12.1 Å². The molecular formula is C12H10F3N3O3. The minimum atomic E-state index is -4.75. The Hall–Kier alpha value is -2.76. The quantitative estimate of drug-likeness (QED) is 0.706. The van der Waals surface area contributed by atoms with Crippen molar-refractivity contribution in [2.75, 3.05) is 5.32 Å². The third kappa shape index (κ3) is 4.10. The summed E-state index contributed by atoms with van der Waals surface area (Å²) < 4.78 is 37.8. The molecule has 0 aliphatic rings. The van der Waals surface area contributed by atoms with Gasteiger partial charge in [-0.1, -0.05) is 0 Å². The number of hydrogen-bond donors (Lipinski definition) is 3. The number of hydrogen-bond acceptors (Lipinski definition) is 4. The van der Waals surface area contributed by atoms with Crippen LogP contribution in [0.5, 0.6) is 0 Å². The molecule has 0 spiro atoms. The molecule has 1 amide bonds. The monoisotopic (exact) mass is 301 g/mol. The van der Waals surface area contributed by atoms with Crippen molar-refractivity contribution in [3.63, 3.8) is 0 Å². The van der Waals surface area contributed by atoms with Crippen LogP contribution in [0.2, 0.25) is 0 Å². The molecule has 0 saturated heterocycles. The number of rotatable bonds is 5. The molecule has 0 radical (unpaired) electrons. The number of pyridine rings is 1. The van der Waals surface area contributed by atoms with E-state index in [0.717, 1.165) is 6.07 Å². The second kappa shape index (κ2) is 6.13. The van der Waals surface area contributed by atoms with Crippen LogP contribution in [0.1, 0.15) is 22.5 Å². The summed E-state index contributed by atoms with van der Waals surface area (Å²) in [4.78, 5) is 25.3. The van der Waals surface area contributed by atoms with Gasteiger partial charge >= 0.3 is 12.1 Å². The van der Waals surface area contributed by atoms with Gasteiger partial charge in [-0.2, -0.15) is 13.2 Å². The van der Waals surface area contributed by atoms with Crippen LogP contribution in [-0.2, 0) is 11.0 Å². The maximum absolute atomic E-state index is 12.6. The van der Waals surface area contributed by atoms with Crippen molar-refractivity contribution >= 4 is 17.7 Å². The third-order valence-electron chi connectivity index (χ3n) is 2.38. The Morgan fingerprint density at radius 1 is 1.48 bits per heavy atom. The Bertz CT molecular complexity index is 608. The van der Waals surface area contributed by atoms with Crippen molar-refractivity contribution in [1.29, 1.82) is 0 Å². The zero-order chi connectivity index (χ0) is 16.2. The number of alkyl halides is 3. The Morgan fingerprint density at radius 2 is 2.10 bits per heavy atom. The zero-order valence-electron chi connectivity index (χ0n) is 10.4. The molecule has 9 heteroatoms. The van der Waals surface area contributed by atoms with Crippen molar-refractivity contribution in [3.8, 4) is 12.3 Å². The fourth-order valence-electron chi connectivity index (χ4n) is 1.41. The van der Waals surface area contributed by atoms with Crippen molar-refractivity contribution < 1.29 is 27.9 Å². The van der Waals surface area contributed by atoms with Crippen molar-refractivity contribution in [1.82, 2.24) is 4.98 Å². The maximum Gasteiger partial charge on any atom is 0.433 e. The average Bonchev–Trinajstić information content (AvgIpc) is 2.36. The molecule has 112 valence electrons. The van der Waals surface area contributed by atoms with Crippen LogP contribution in [0.25, 0.3) is 0 Å². The van der Waals surface area contributed by atoms with Gasteiger partial charge in [0.1, 0.15) is 17.6 Å². The summed E-state index contributed by atoms with van der Waals surface area (Å²) in [5.74, 6) is -0.983. The normalized spacial score (nSPS) is 12.3. The van der Waals surface area contributed by atoms with E-state index in [1.165, 1.54) is 0 Å². The van der Waals surface area contributed by atoms with Gasteiger partial charge in [-0.15, -0.1) is 12.3 Å². The first-order valence-corrected chi connectivity index (χ1v) is 5.47. The first-order chi connectivity index (χ1) is 9.66. The van der Waals surface area contributed by atoms with E-state index in [1.54, 1.807) is 0 Å². The number of anilines is 1. The predicted molar refractivity (Wildman–Crippen MR) is 66.3 cm³/mol. The van der Waals surface area contributed by atoms with Crippen LogP contribution in [0, 0.1) is 12.3 Å². The average molecular weight is 301 g/mol. The number of primary amides is 1. The number of nitrogens with one attached hydrogen (secondary N) is 1. The number of aromatic nitrogens is 1. The van der Waals surface area contributed by atoms with Crippen molar-refractivity contribution in [2.24, 2.45) is 5.73 Å². The maximum atomic E-state index is 12.6. The number of carbonyl (C=O) groups is 2. The molecule has 1 heterocycles. The summed E-state index contributed by atoms with van der Waals surface area (Å²) in [6.45, 7) is 0. The number of carboxylic acid groups (broad SMARTS) is 1. The first-order valence-electron chi connectivity index (χ1n) is 5.47. The van der Waals surface area contributed by atoms with E-state index < -0.39 is 35.6 Å². The molecule has 1 atom stereocenters. The molecule has 0 aliphatic heterocycles. The van der Waals surface area contributed by atoms with Crippen LogP contribution in [-0.4, -0.2) is 28.0 Å². The lowest BCUT2D eigenvalue weighted by Gasteiger charge is -2.16. The van der Waals surface area contributed by atoms with Crippen molar-refractivity contribution in [2.45, 2.75) is 18.6 Å². The smallest absolute Gasteiger partial charge is 0.433 e. The van der Waals surface area contributed by atoms with Gasteiger partial charge in [0.05, 0.1) is 5.56 Å². The number of nitrogens with zero attached hydrogens (tertiary/aromatic N) is 1. The largest absolute Gasteiger partial charge is 0.480 e. The molecule has 1 unspecified atom stereocenters. The third-order valence-corrected chi connectivity index (χ3v) is 2.38. The highest BCUT2D eigenvalue weighted by Crippen LogP contribution is 2.29. The van der Waals surface area contributed by atoms with E-state index in [9.17, 15) is 22.8 Å². The molecule has 6 nitrogen and oxygen atoms in total. The fourth-order valence-corrected chi connectivity index (χ4v) is 1.41. The van der Waals surface area contributed by atoms with E-state index in [0.29, 0.717) is 6.07 Å². The molecule has 0 aromatic carbocycles. The molecule has 0 saturated carbocycles. The molecule has 0 bridgehead atoms. The van der Waals surface area contributed by atoms with Crippen molar-refractivity contribution in [3.05, 3.63) is 23.4 Å². The van der Waals surface area contributed by atoms with Gasteiger partial charge in [0.25, 0.3) is 5.91 Å². The van der Waals surface area contributed by atoms with Gasteiger partial charge in [-0.3, -0.25) is 4.79 Å². The molecule has 0 aliphatic carbocycles. The molecular weight excluding hydrogens is 291 g/mol. The minimum Gasteiger partial charge on any atom is -0.480 e. The van der Waals surface area contributed by atoms with Gasteiger partial charge in [0, 0.05) is 6.42 Å². The fraction of sp³-hybridized carbons (Fsp3) is 0.250. The molecule has 21 heavy (non-hydrogen) atoms. The van der Waals surface area contributed by atoms with Crippen LogP contribution in [0.15, 0.2) is 12.1 Å².